The average molecular weight is 406 g/mol. The van der Waals surface area contributed by atoms with E-state index < -0.39 is 0 Å². The first kappa shape index (κ1) is 17.8. The minimum absolute atomic E-state index is 0.777. The van der Waals surface area contributed by atoms with Crippen LogP contribution in [-0.4, -0.2) is 16.5 Å². The Morgan fingerprint density at radius 1 is 0.964 bits per heavy atom. The lowest BCUT2D eigenvalue weighted by Crippen LogP contribution is -2.09. The van der Waals surface area contributed by atoms with Crippen molar-refractivity contribution >= 4 is 38.7 Å². The maximum Gasteiger partial charge on any atom is 0.138 e. The zero-order valence-electron chi connectivity index (χ0n) is 15.8. The Bertz CT molecular complexity index is 1070. The maximum absolute atomic E-state index is 4.98. The van der Waals surface area contributed by atoms with Crippen molar-refractivity contribution in [2.24, 2.45) is 0 Å². The van der Waals surface area contributed by atoms with E-state index in [1.165, 1.54) is 45.5 Å². The van der Waals surface area contributed by atoms with Crippen LogP contribution in [-0.2, 0) is 25.7 Å². The van der Waals surface area contributed by atoms with Crippen LogP contribution in [0, 0.1) is 0 Å². The number of nitrogens with zero attached hydrogens (tertiary/aromatic N) is 2. The number of aromatic nitrogens is 2. The first-order valence-electron chi connectivity index (χ1n) is 9.98. The van der Waals surface area contributed by atoms with Gasteiger partial charge in [0, 0.05) is 22.7 Å². The molecule has 1 N–H and O–H groups in total. The van der Waals surface area contributed by atoms with Gasteiger partial charge in [-0.2, -0.15) is 0 Å². The Labute approximate surface area is 173 Å². The molecule has 0 amide bonds. The third kappa shape index (κ3) is 3.69. The lowest BCUT2D eigenvalue weighted by molar-refractivity contribution is 0.700. The summed E-state index contributed by atoms with van der Waals surface area (Å²) in [5.74, 6) is 1.95. The molecular weight excluding hydrogens is 382 g/mol. The number of thiophene rings is 2. The van der Waals surface area contributed by atoms with E-state index in [0.29, 0.717) is 0 Å². The third-order valence-electron chi connectivity index (χ3n) is 5.31. The molecule has 0 fully saturated rings. The number of benzene rings is 1. The zero-order chi connectivity index (χ0) is 18.8. The first-order valence-corrected chi connectivity index (χ1v) is 11.7. The van der Waals surface area contributed by atoms with Gasteiger partial charge in [-0.05, 0) is 54.7 Å². The fourth-order valence-corrected chi connectivity index (χ4v) is 5.93. The number of hydrogen-bond donors (Lipinski definition) is 1. The van der Waals surface area contributed by atoms with E-state index >= 15 is 0 Å². The molecule has 0 saturated carbocycles. The smallest absolute Gasteiger partial charge is 0.138 e. The Balaban J connectivity index is 1.49. The van der Waals surface area contributed by atoms with E-state index in [4.69, 9.17) is 9.97 Å². The lowest BCUT2D eigenvalue weighted by atomic mass is 9.97. The lowest BCUT2D eigenvalue weighted by Gasteiger charge is -2.13. The van der Waals surface area contributed by atoms with Gasteiger partial charge in [-0.1, -0.05) is 36.4 Å². The summed E-state index contributed by atoms with van der Waals surface area (Å²) in [6.07, 6.45) is 6.74. The number of fused-ring (bicyclic) bond motifs is 3. The summed E-state index contributed by atoms with van der Waals surface area (Å²) in [4.78, 5) is 14.0. The summed E-state index contributed by atoms with van der Waals surface area (Å²) in [5.41, 5.74) is 2.75. The quantitative estimate of drug-likeness (QED) is 0.435. The fourth-order valence-electron chi connectivity index (χ4n) is 3.95. The van der Waals surface area contributed by atoms with E-state index in [9.17, 15) is 0 Å². The first-order chi connectivity index (χ1) is 13.9. The van der Waals surface area contributed by atoms with Crippen LogP contribution < -0.4 is 5.32 Å². The molecule has 0 atom stereocenters. The van der Waals surface area contributed by atoms with Crippen LogP contribution in [0.2, 0.25) is 0 Å². The summed E-state index contributed by atoms with van der Waals surface area (Å²) >= 11 is 3.70. The Hall–Kier alpha value is -2.24. The molecule has 0 bridgehead atoms. The highest BCUT2D eigenvalue weighted by molar-refractivity contribution is 7.19. The van der Waals surface area contributed by atoms with Gasteiger partial charge in [0.25, 0.3) is 0 Å². The standard InChI is InChI=1S/C23H23N3S2/c1-2-7-16(8-3-1)15-20-25-22(24-13-12-17-9-6-14-27-17)21-18-10-4-5-11-19(18)28-23(21)26-20/h1-3,6-9,14H,4-5,10-13,15H2,(H,24,25,26). The molecule has 0 aliphatic heterocycles. The van der Waals surface area contributed by atoms with Crippen LogP contribution in [0.1, 0.15) is 39.5 Å². The molecule has 142 valence electrons. The minimum atomic E-state index is 0.777. The summed E-state index contributed by atoms with van der Waals surface area (Å²) in [6.45, 7) is 0.905. The van der Waals surface area contributed by atoms with Gasteiger partial charge >= 0.3 is 0 Å². The summed E-state index contributed by atoms with van der Waals surface area (Å²) in [7, 11) is 0. The SMILES string of the molecule is c1ccc(Cc2nc(NCCc3cccs3)c3c4c(sc3n2)CCCC4)cc1. The van der Waals surface area contributed by atoms with Gasteiger partial charge in [-0.25, -0.2) is 9.97 Å². The molecule has 3 heterocycles. The van der Waals surface area contributed by atoms with Crippen molar-refractivity contribution in [3.63, 3.8) is 0 Å². The largest absolute Gasteiger partial charge is 0.369 e. The summed E-state index contributed by atoms with van der Waals surface area (Å²) < 4.78 is 0. The zero-order valence-corrected chi connectivity index (χ0v) is 17.4. The molecular formula is C23H23N3S2. The summed E-state index contributed by atoms with van der Waals surface area (Å²) in [6, 6.07) is 14.8. The van der Waals surface area contributed by atoms with Gasteiger partial charge in [-0.15, -0.1) is 22.7 Å². The molecule has 4 aromatic rings. The van der Waals surface area contributed by atoms with Gasteiger partial charge in [0.2, 0.25) is 0 Å². The van der Waals surface area contributed by atoms with Crippen molar-refractivity contribution in [1.82, 2.24) is 9.97 Å². The second-order valence-electron chi connectivity index (χ2n) is 7.30. The van der Waals surface area contributed by atoms with Crippen molar-refractivity contribution in [2.45, 2.75) is 38.5 Å². The number of aryl methyl sites for hydroxylation is 2. The molecule has 1 aromatic carbocycles. The van der Waals surface area contributed by atoms with E-state index in [2.05, 4.69) is 53.2 Å². The monoisotopic (exact) mass is 405 g/mol. The van der Waals surface area contributed by atoms with E-state index in [-0.39, 0.29) is 0 Å². The van der Waals surface area contributed by atoms with E-state index in [1.54, 1.807) is 0 Å². The minimum Gasteiger partial charge on any atom is -0.369 e. The van der Waals surface area contributed by atoms with Gasteiger partial charge in [0.1, 0.15) is 16.5 Å². The van der Waals surface area contributed by atoms with Gasteiger partial charge in [0.15, 0.2) is 0 Å². The topological polar surface area (TPSA) is 37.8 Å². The molecule has 1 aliphatic rings. The van der Waals surface area contributed by atoms with Gasteiger partial charge < -0.3 is 5.32 Å². The normalized spacial score (nSPS) is 13.6. The second-order valence-corrected chi connectivity index (χ2v) is 9.41. The third-order valence-corrected chi connectivity index (χ3v) is 7.43. The molecule has 3 aromatic heterocycles. The summed E-state index contributed by atoms with van der Waals surface area (Å²) in [5, 5.41) is 7.08. The molecule has 28 heavy (non-hydrogen) atoms. The van der Waals surface area contributed by atoms with Crippen molar-refractivity contribution in [1.29, 1.82) is 0 Å². The van der Waals surface area contributed by atoms with Crippen LogP contribution in [0.3, 0.4) is 0 Å². The molecule has 5 rings (SSSR count). The Morgan fingerprint density at radius 3 is 2.71 bits per heavy atom. The predicted molar refractivity (Wildman–Crippen MR) is 120 cm³/mol. The molecule has 3 nitrogen and oxygen atoms in total. The molecule has 0 saturated heterocycles. The van der Waals surface area contributed by atoms with Crippen LogP contribution in [0.15, 0.2) is 47.8 Å². The molecule has 0 spiro atoms. The van der Waals surface area contributed by atoms with Crippen LogP contribution in [0.25, 0.3) is 10.2 Å². The van der Waals surface area contributed by atoms with Gasteiger partial charge in [-0.3, -0.25) is 0 Å². The molecule has 5 heteroatoms. The van der Waals surface area contributed by atoms with Crippen molar-refractivity contribution < 1.29 is 0 Å². The second kappa shape index (κ2) is 8.02. The average Bonchev–Trinajstić information content (AvgIpc) is 3.36. The highest BCUT2D eigenvalue weighted by atomic mass is 32.1. The Morgan fingerprint density at radius 2 is 1.86 bits per heavy atom. The number of nitrogens with one attached hydrogen (secondary N) is 1. The van der Waals surface area contributed by atoms with Crippen LogP contribution in [0.5, 0.6) is 0 Å². The highest BCUT2D eigenvalue weighted by Gasteiger charge is 2.21. The number of anilines is 1. The van der Waals surface area contributed by atoms with Crippen molar-refractivity contribution in [2.75, 3.05) is 11.9 Å². The van der Waals surface area contributed by atoms with Crippen molar-refractivity contribution in [3.05, 3.63) is 74.6 Å². The van der Waals surface area contributed by atoms with Crippen LogP contribution in [0.4, 0.5) is 5.82 Å². The number of rotatable bonds is 6. The molecule has 1 aliphatic carbocycles. The fraction of sp³-hybridized carbons (Fsp3) is 0.304. The molecule has 0 radical (unpaired) electrons. The van der Waals surface area contributed by atoms with Crippen molar-refractivity contribution in [3.8, 4) is 0 Å². The van der Waals surface area contributed by atoms with Crippen LogP contribution >= 0.6 is 22.7 Å². The predicted octanol–water partition coefficient (Wildman–Crippen LogP) is 5.88. The van der Waals surface area contributed by atoms with E-state index in [0.717, 1.165) is 42.3 Å². The number of hydrogen-bond acceptors (Lipinski definition) is 5. The highest BCUT2D eigenvalue weighted by Crippen LogP contribution is 2.38. The Kier molecular flexibility index (Phi) is 5.10. The maximum atomic E-state index is 4.98. The van der Waals surface area contributed by atoms with Gasteiger partial charge in [0.05, 0.1) is 5.39 Å². The van der Waals surface area contributed by atoms with E-state index in [1.807, 2.05) is 22.7 Å². The molecule has 0 unspecified atom stereocenters.